The molecule has 94 valence electrons. The van der Waals surface area contributed by atoms with Gasteiger partial charge in [0.15, 0.2) is 0 Å². The van der Waals surface area contributed by atoms with Crippen LogP contribution in [0.2, 0.25) is 0 Å². The molecule has 1 rings (SSSR count). The van der Waals surface area contributed by atoms with Gasteiger partial charge in [-0.3, -0.25) is 4.79 Å². The summed E-state index contributed by atoms with van der Waals surface area (Å²) in [4.78, 5) is 11.5. The van der Waals surface area contributed by atoms with Crippen LogP contribution in [0.25, 0.3) is 0 Å². The fraction of sp³-hybridized carbons (Fsp3) is 0.909. The molecule has 0 aromatic heterocycles. The Balaban J connectivity index is 2.00. The van der Waals surface area contributed by atoms with Gasteiger partial charge in [-0.05, 0) is 0 Å². The molecule has 0 bridgehead atoms. The molecule has 2 N–H and O–H groups in total. The van der Waals surface area contributed by atoms with Gasteiger partial charge in [0, 0.05) is 48.1 Å². The van der Waals surface area contributed by atoms with E-state index in [1.165, 1.54) is 17.3 Å². The van der Waals surface area contributed by atoms with Gasteiger partial charge >= 0.3 is 0 Å². The third-order valence-corrected chi connectivity index (χ3v) is 5.16. The number of rotatable bonds is 6. The second-order valence-electron chi connectivity index (χ2n) is 4.23. The molecule has 0 spiro atoms. The summed E-state index contributed by atoms with van der Waals surface area (Å²) in [5.41, 5.74) is 0. The van der Waals surface area contributed by atoms with E-state index in [1.54, 1.807) is 0 Å². The second kappa shape index (κ2) is 8.25. The van der Waals surface area contributed by atoms with Crippen molar-refractivity contribution in [1.29, 1.82) is 0 Å². The molecule has 1 aliphatic rings. The Morgan fingerprint density at radius 1 is 1.44 bits per heavy atom. The summed E-state index contributed by atoms with van der Waals surface area (Å²) in [5, 5.41) is 6.87. The Labute approximate surface area is 107 Å². The lowest BCUT2D eigenvalue weighted by Crippen LogP contribution is -2.35. The van der Waals surface area contributed by atoms with E-state index in [4.69, 9.17) is 0 Å². The van der Waals surface area contributed by atoms with Crippen molar-refractivity contribution in [1.82, 2.24) is 10.6 Å². The van der Waals surface area contributed by atoms with Crippen LogP contribution in [0.1, 0.15) is 20.3 Å². The fourth-order valence-electron chi connectivity index (χ4n) is 1.44. The molecular formula is C11H22N2OS2. The Morgan fingerprint density at radius 2 is 2.25 bits per heavy atom. The highest BCUT2D eigenvalue weighted by molar-refractivity contribution is 8.06. The SMILES string of the molecule is CC(C)NCCC(=O)NCC1CSCCS1. The normalized spacial score (nSPS) is 21.1. The average Bonchev–Trinajstić information content (AvgIpc) is 2.27. The van der Waals surface area contributed by atoms with E-state index in [9.17, 15) is 4.79 Å². The summed E-state index contributed by atoms with van der Waals surface area (Å²) in [6, 6.07) is 0.457. The maximum Gasteiger partial charge on any atom is 0.221 e. The predicted octanol–water partition coefficient (Wildman–Crippen LogP) is 1.34. The van der Waals surface area contributed by atoms with Crippen LogP contribution in [0.5, 0.6) is 0 Å². The van der Waals surface area contributed by atoms with Gasteiger partial charge in [0.05, 0.1) is 0 Å². The summed E-state index contributed by atoms with van der Waals surface area (Å²) in [7, 11) is 0. The van der Waals surface area contributed by atoms with Gasteiger partial charge in [-0.1, -0.05) is 13.8 Å². The lowest BCUT2D eigenvalue weighted by atomic mass is 10.3. The van der Waals surface area contributed by atoms with Crippen molar-refractivity contribution >= 4 is 29.4 Å². The van der Waals surface area contributed by atoms with E-state index >= 15 is 0 Å². The van der Waals surface area contributed by atoms with Crippen LogP contribution in [0, 0.1) is 0 Å². The van der Waals surface area contributed by atoms with Gasteiger partial charge < -0.3 is 10.6 Å². The van der Waals surface area contributed by atoms with Crippen molar-refractivity contribution in [3.63, 3.8) is 0 Å². The Kier molecular flexibility index (Phi) is 7.32. The largest absolute Gasteiger partial charge is 0.355 e. The minimum absolute atomic E-state index is 0.171. The molecule has 16 heavy (non-hydrogen) atoms. The highest BCUT2D eigenvalue weighted by Gasteiger charge is 2.14. The summed E-state index contributed by atoms with van der Waals surface area (Å²) in [6.07, 6.45) is 0.586. The van der Waals surface area contributed by atoms with Gasteiger partial charge in [-0.15, -0.1) is 0 Å². The quantitative estimate of drug-likeness (QED) is 0.758. The molecule has 0 aromatic carbocycles. The number of hydrogen-bond donors (Lipinski definition) is 2. The van der Waals surface area contributed by atoms with E-state index < -0.39 is 0 Å². The maximum atomic E-state index is 11.5. The third kappa shape index (κ3) is 6.66. The van der Waals surface area contributed by atoms with Crippen LogP contribution < -0.4 is 10.6 Å². The zero-order chi connectivity index (χ0) is 11.8. The topological polar surface area (TPSA) is 41.1 Å². The van der Waals surface area contributed by atoms with Gasteiger partial charge in [0.1, 0.15) is 0 Å². The number of carbonyl (C=O) groups is 1. The molecule has 1 fully saturated rings. The summed E-state index contributed by atoms with van der Waals surface area (Å²) in [6.45, 7) is 5.79. The molecule has 0 radical (unpaired) electrons. The van der Waals surface area contributed by atoms with E-state index in [0.29, 0.717) is 17.7 Å². The molecule has 0 saturated carbocycles. The van der Waals surface area contributed by atoms with Crippen LogP contribution in [0.3, 0.4) is 0 Å². The number of thioether (sulfide) groups is 2. The predicted molar refractivity (Wildman–Crippen MR) is 74.3 cm³/mol. The van der Waals surface area contributed by atoms with E-state index in [0.717, 1.165) is 13.1 Å². The molecule has 1 unspecified atom stereocenters. The standard InChI is InChI=1S/C11H22N2OS2/c1-9(2)12-4-3-11(14)13-7-10-8-15-5-6-16-10/h9-10,12H,3-8H2,1-2H3,(H,13,14). The number of carbonyl (C=O) groups excluding carboxylic acids is 1. The zero-order valence-electron chi connectivity index (χ0n) is 10.1. The Hall–Kier alpha value is 0.130. The van der Waals surface area contributed by atoms with E-state index in [2.05, 4.69) is 24.5 Å². The summed E-state index contributed by atoms with van der Waals surface area (Å²) < 4.78 is 0. The first-order valence-electron chi connectivity index (χ1n) is 5.88. The molecule has 0 aliphatic carbocycles. The molecule has 1 atom stereocenters. The molecule has 1 heterocycles. The van der Waals surface area contributed by atoms with Crippen molar-refractivity contribution in [3.8, 4) is 0 Å². The van der Waals surface area contributed by atoms with Crippen LogP contribution in [-0.2, 0) is 4.79 Å². The van der Waals surface area contributed by atoms with E-state index in [1.807, 2.05) is 23.5 Å². The van der Waals surface area contributed by atoms with Gasteiger partial charge in [-0.25, -0.2) is 0 Å². The third-order valence-electron chi connectivity index (χ3n) is 2.32. The van der Waals surface area contributed by atoms with Gasteiger partial charge in [0.25, 0.3) is 0 Å². The first-order chi connectivity index (χ1) is 7.68. The second-order valence-corrected chi connectivity index (χ2v) is 6.79. The van der Waals surface area contributed by atoms with Crippen molar-refractivity contribution in [2.45, 2.75) is 31.6 Å². The Bertz CT molecular complexity index is 206. The average molecular weight is 262 g/mol. The van der Waals surface area contributed by atoms with Crippen LogP contribution in [0.15, 0.2) is 0 Å². The maximum absolute atomic E-state index is 11.5. The Morgan fingerprint density at radius 3 is 2.88 bits per heavy atom. The smallest absolute Gasteiger partial charge is 0.221 e. The minimum Gasteiger partial charge on any atom is -0.355 e. The molecule has 1 aliphatic heterocycles. The highest BCUT2D eigenvalue weighted by atomic mass is 32.2. The molecule has 1 amide bonds. The van der Waals surface area contributed by atoms with Crippen molar-refractivity contribution in [2.24, 2.45) is 0 Å². The van der Waals surface area contributed by atoms with Gasteiger partial charge in [0.2, 0.25) is 5.91 Å². The monoisotopic (exact) mass is 262 g/mol. The lowest BCUT2D eigenvalue weighted by Gasteiger charge is -2.21. The summed E-state index contributed by atoms with van der Waals surface area (Å²) >= 11 is 3.97. The number of hydrogen-bond acceptors (Lipinski definition) is 4. The number of amides is 1. The van der Waals surface area contributed by atoms with Crippen molar-refractivity contribution < 1.29 is 4.79 Å². The molecule has 3 nitrogen and oxygen atoms in total. The minimum atomic E-state index is 0.171. The highest BCUT2D eigenvalue weighted by Crippen LogP contribution is 2.23. The van der Waals surface area contributed by atoms with E-state index in [-0.39, 0.29) is 5.91 Å². The summed E-state index contributed by atoms with van der Waals surface area (Å²) in [5.74, 6) is 3.83. The van der Waals surface area contributed by atoms with Gasteiger partial charge in [-0.2, -0.15) is 23.5 Å². The number of nitrogens with one attached hydrogen (secondary N) is 2. The van der Waals surface area contributed by atoms with Crippen LogP contribution in [-0.4, -0.2) is 47.5 Å². The van der Waals surface area contributed by atoms with Crippen LogP contribution in [0.4, 0.5) is 0 Å². The lowest BCUT2D eigenvalue weighted by molar-refractivity contribution is -0.120. The molecule has 5 heteroatoms. The molecule has 0 aromatic rings. The molecular weight excluding hydrogens is 240 g/mol. The first-order valence-corrected chi connectivity index (χ1v) is 8.08. The van der Waals surface area contributed by atoms with Crippen molar-refractivity contribution in [3.05, 3.63) is 0 Å². The zero-order valence-corrected chi connectivity index (χ0v) is 11.8. The fourth-order valence-corrected chi connectivity index (χ4v) is 4.06. The van der Waals surface area contributed by atoms with Crippen molar-refractivity contribution in [2.75, 3.05) is 30.3 Å². The first kappa shape index (κ1) is 14.2. The molecule has 1 saturated heterocycles. The van der Waals surface area contributed by atoms with Crippen LogP contribution >= 0.6 is 23.5 Å².